The van der Waals surface area contributed by atoms with Crippen LogP contribution >= 0.6 is 0 Å². The molecule has 2 heterocycles. The van der Waals surface area contributed by atoms with E-state index in [-0.39, 0.29) is 0 Å². The molecule has 0 bridgehead atoms. The molecular weight excluding hydrogens is 835 g/mol. The smallest absolute Gasteiger partial charge is 0.0547 e. The molecule has 3 heteroatoms. The Morgan fingerprint density at radius 1 is 0.203 bits per heavy atom. The molecule has 11 aromatic carbocycles. The third-order valence-electron chi connectivity index (χ3n) is 13.7. The van der Waals surface area contributed by atoms with Crippen molar-refractivity contribution < 1.29 is 0 Å². The summed E-state index contributed by atoms with van der Waals surface area (Å²) in [6, 6.07) is 99.0. The normalized spacial score (nSPS) is 11.5. The first-order valence-electron chi connectivity index (χ1n) is 23.7. The van der Waals surface area contributed by atoms with Gasteiger partial charge in [0, 0.05) is 50.0 Å². The highest BCUT2D eigenvalue weighted by molar-refractivity contribution is 6.12. The van der Waals surface area contributed by atoms with Gasteiger partial charge in [-0.2, -0.15) is 0 Å². The summed E-state index contributed by atoms with van der Waals surface area (Å²) in [6.45, 7) is 0. The maximum atomic E-state index is 2.42. The number of hydrogen-bond acceptors (Lipinski definition) is 1. The largest absolute Gasteiger partial charge is 0.311 e. The van der Waals surface area contributed by atoms with Gasteiger partial charge in [0.1, 0.15) is 0 Å². The Balaban J connectivity index is 0.882. The number of benzene rings is 11. The van der Waals surface area contributed by atoms with Crippen LogP contribution in [0.15, 0.2) is 273 Å². The van der Waals surface area contributed by atoms with Crippen molar-refractivity contribution in [2.24, 2.45) is 0 Å². The molecule has 2 aromatic heterocycles. The lowest BCUT2D eigenvalue weighted by molar-refractivity contribution is 1.17. The summed E-state index contributed by atoms with van der Waals surface area (Å²) in [5, 5.41) is 4.94. The summed E-state index contributed by atoms with van der Waals surface area (Å²) in [5.41, 5.74) is 19.9. The van der Waals surface area contributed by atoms with Gasteiger partial charge in [-0.3, -0.25) is 0 Å². The van der Waals surface area contributed by atoms with Crippen LogP contribution in [0.3, 0.4) is 0 Å². The molecule has 13 aromatic rings. The molecule has 0 fully saturated rings. The van der Waals surface area contributed by atoms with Gasteiger partial charge in [0.05, 0.1) is 22.1 Å². The van der Waals surface area contributed by atoms with Crippen LogP contribution in [-0.2, 0) is 0 Å². The third kappa shape index (κ3) is 7.16. The lowest BCUT2D eigenvalue weighted by Gasteiger charge is -2.25. The molecule has 0 atom stereocenters. The minimum Gasteiger partial charge on any atom is -0.311 e. The Morgan fingerprint density at radius 2 is 0.565 bits per heavy atom. The van der Waals surface area contributed by atoms with E-state index in [2.05, 4.69) is 287 Å². The molecule has 0 aliphatic carbocycles. The topological polar surface area (TPSA) is 13.1 Å². The molecule has 324 valence electrons. The second-order valence-corrected chi connectivity index (χ2v) is 17.8. The standard InChI is InChI=1S/C66H45N3/c1-5-17-46(18-6-1)51-41-52(47-19-7-2-8-20-47)43-53(42-51)48-29-33-57(34-30-48)68-64-28-16-14-26-60(64)62-44-49(32-40-65(62)68)50-31-39-61-59-25-13-15-27-63(59)69(66(61)45-50)58-37-35-56(36-38-58)67(54-21-9-3-10-22-54)55-23-11-4-12-24-55/h1-45H. The van der Waals surface area contributed by atoms with Crippen LogP contribution in [0.2, 0.25) is 0 Å². The number of para-hydroxylation sites is 4. The number of anilines is 3. The number of fused-ring (bicyclic) bond motifs is 6. The molecule has 0 amide bonds. The number of aromatic nitrogens is 2. The van der Waals surface area contributed by atoms with Gasteiger partial charge in [0.2, 0.25) is 0 Å². The minimum atomic E-state index is 1.10. The second-order valence-electron chi connectivity index (χ2n) is 17.8. The van der Waals surface area contributed by atoms with E-state index in [0.29, 0.717) is 0 Å². The van der Waals surface area contributed by atoms with Crippen LogP contribution in [0.4, 0.5) is 17.1 Å². The molecule has 0 radical (unpaired) electrons. The fourth-order valence-corrected chi connectivity index (χ4v) is 10.4. The number of nitrogens with zero attached hydrogens (tertiary/aromatic N) is 3. The highest BCUT2D eigenvalue weighted by Gasteiger charge is 2.18. The van der Waals surface area contributed by atoms with Crippen molar-refractivity contribution in [1.82, 2.24) is 9.13 Å². The minimum absolute atomic E-state index is 1.10. The SMILES string of the molecule is c1ccc(-c2cc(-c3ccccc3)cc(-c3ccc(-n4c5ccccc5c5cc(-c6ccc7c8ccccc8n(-c8ccc(N(c9ccccc9)c9ccccc9)cc8)c7c6)ccc54)cc3)c2)cc1. The van der Waals surface area contributed by atoms with Crippen LogP contribution in [0.5, 0.6) is 0 Å². The zero-order valence-corrected chi connectivity index (χ0v) is 37.8. The molecule has 13 rings (SSSR count). The van der Waals surface area contributed by atoms with Crippen molar-refractivity contribution in [3.8, 4) is 55.9 Å². The van der Waals surface area contributed by atoms with Gasteiger partial charge in [-0.25, -0.2) is 0 Å². The predicted octanol–water partition coefficient (Wildman–Crippen LogP) is 18.0. The van der Waals surface area contributed by atoms with Crippen LogP contribution < -0.4 is 4.90 Å². The second kappa shape index (κ2) is 16.9. The van der Waals surface area contributed by atoms with Crippen molar-refractivity contribution in [3.63, 3.8) is 0 Å². The third-order valence-corrected chi connectivity index (χ3v) is 13.7. The highest BCUT2D eigenvalue weighted by atomic mass is 15.1. The maximum Gasteiger partial charge on any atom is 0.0547 e. The van der Waals surface area contributed by atoms with Crippen LogP contribution in [-0.4, -0.2) is 9.13 Å². The first-order valence-corrected chi connectivity index (χ1v) is 23.7. The van der Waals surface area contributed by atoms with Gasteiger partial charge in [-0.1, -0.05) is 164 Å². The van der Waals surface area contributed by atoms with Crippen LogP contribution in [0.1, 0.15) is 0 Å². The predicted molar refractivity (Wildman–Crippen MR) is 292 cm³/mol. The van der Waals surface area contributed by atoms with Gasteiger partial charge in [-0.15, -0.1) is 0 Å². The van der Waals surface area contributed by atoms with Gasteiger partial charge in [-0.05, 0) is 154 Å². The Morgan fingerprint density at radius 3 is 1.12 bits per heavy atom. The van der Waals surface area contributed by atoms with E-state index >= 15 is 0 Å². The maximum absolute atomic E-state index is 2.42. The Bertz CT molecular complexity index is 3870. The van der Waals surface area contributed by atoms with Gasteiger partial charge < -0.3 is 14.0 Å². The molecule has 0 saturated carbocycles. The van der Waals surface area contributed by atoms with Crippen molar-refractivity contribution in [2.45, 2.75) is 0 Å². The van der Waals surface area contributed by atoms with Gasteiger partial charge in [0.25, 0.3) is 0 Å². The summed E-state index contributed by atoms with van der Waals surface area (Å²) in [6.07, 6.45) is 0. The van der Waals surface area contributed by atoms with Gasteiger partial charge >= 0.3 is 0 Å². The molecule has 0 aliphatic heterocycles. The molecular formula is C66H45N3. The van der Waals surface area contributed by atoms with Gasteiger partial charge in [0.15, 0.2) is 0 Å². The summed E-state index contributed by atoms with van der Waals surface area (Å²) >= 11 is 0. The van der Waals surface area contributed by atoms with E-state index in [1.165, 1.54) is 88.1 Å². The monoisotopic (exact) mass is 879 g/mol. The zero-order chi connectivity index (χ0) is 45.7. The molecule has 0 spiro atoms. The average Bonchev–Trinajstić information content (AvgIpc) is 3.94. The Kier molecular flexibility index (Phi) is 9.84. The van der Waals surface area contributed by atoms with Crippen LogP contribution in [0.25, 0.3) is 99.5 Å². The van der Waals surface area contributed by atoms with Crippen molar-refractivity contribution >= 4 is 60.7 Å². The zero-order valence-electron chi connectivity index (χ0n) is 37.8. The molecule has 0 N–H and O–H groups in total. The molecule has 69 heavy (non-hydrogen) atoms. The first kappa shape index (κ1) is 40.1. The van der Waals surface area contributed by atoms with Crippen molar-refractivity contribution in [1.29, 1.82) is 0 Å². The molecule has 0 unspecified atom stereocenters. The summed E-state index contributed by atoms with van der Waals surface area (Å²) < 4.78 is 4.83. The van der Waals surface area contributed by atoms with E-state index in [0.717, 1.165) is 28.4 Å². The van der Waals surface area contributed by atoms with E-state index in [1.54, 1.807) is 0 Å². The first-order chi connectivity index (χ1) is 34.2. The van der Waals surface area contributed by atoms with E-state index in [1.807, 2.05) is 0 Å². The summed E-state index contributed by atoms with van der Waals surface area (Å²) in [4.78, 5) is 2.31. The lowest BCUT2D eigenvalue weighted by atomic mass is 9.93. The van der Waals surface area contributed by atoms with E-state index in [9.17, 15) is 0 Å². The fraction of sp³-hybridized carbons (Fsp3) is 0. The highest BCUT2D eigenvalue weighted by Crippen LogP contribution is 2.41. The number of rotatable bonds is 9. The number of hydrogen-bond donors (Lipinski definition) is 0. The molecule has 0 saturated heterocycles. The fourth-order valence-electron chi connectivity index (χ4n) is 10.4. The Labute approximate surface area is 401 Å². The van der Waals surface area contributed by atoms with E-state index in [4.69, 9.17) is 0 Å². The summed E-state index contributed by atoms with van der Waals surface area (Å²) in [7, 11) is 0. The van der Waals surface area contributed by atoms with Crippen molar-refractivity contribution in [2.75, 3.05) is 4.90 Å². The van der Waals surface area contributed by atoms with E-state index < -0.39 is 0 Å². The molecule has 3 nitrogen and oxygen atoms in total. The Hall–Kier alpha value is -9.18. The average molecular weight is 880 g/mol. The quantitative estimate of drug-likeness (QED) is 0.141. The van der Waals surface area contributed by atoms with Crippen molar-refractivity contribution in [3.05, 3.63) is 273 Å². The summed E-state index contributed by atoms with van der Waals surface area (Å²) in [5.74, 6) is 0. The lowest BCUT2D eigenvalue weighted by Crippen LogP contribution is -2.09. The molecule has 0 aliphatic rings. The van der Waals surface area contributed by atoms with Crippen LogP contribution in [0, 0.1) is 0 Å².